The van der Waals surface area contributed by atoms with Gasteiger partial charge in [-0.15, -0.1) is 0 Å². The van der Waals surface area contributed by atoms with E-state index in [2.05, 4.69) is 4.90 Å². The summed E-state index contributed by atoms with van der Waals surface area (Å²) in [4.78, 5) is 36.8. The lowest BCUT2D eigenvalue weighted by Crippen LogP contribution is -2.61. The minimum atomic E-state index is -3.17. The van der Waals surface area contributed by atoms with Crippen molar-refractivity contribution >= 4 is 27.7 Å². The van der Waals surface area contributed by atoms with E-state index < -0.39 is 33.8 Å². The third-order valence-corrected chi connectivity index (χ3v) is 9.77. The number of aliphatic hydroxyl groups is 1. The van der Waals surface area contributed by atoms with Gasteiger partial charge in [0.05, 0.1) is 11.9 Å². The number of hydrogen-bond donors (Lipinski definition) is 3. The molecule has 3 aliphatic rings. The molecule has 0 bridgehead atoms. The van der Waals surface area contributed by atoms with Gasteiger partial charge < -0.3 is 20.2 Å². The van der Waals surface area contributed by atoms with Gasteiger partial charge in [0.1, 0.15) is 9.84 Å². The molecule has 1 amide bonds. The van der Waals surface area contributed by atoms with Crippen molar-refractivity contribution in [2.75, 3.05) is 12.0 Å². The predicted octanol–water partition coefficient (Wildman–Crippen LogP) is 3.09. The number of rotatable bonds is 13. The summed E-state index contributed by atoms with van der Waals surface area (Å²) in [5, 5.41) is 28.0. The molecule has 3 N–H and O–H groups in total. The van der Waals surface area contributed by atoms with E-state index in [0.29, 0.717) is 43.1 Å². The molecular weight excluding hydrogens is 486 g/mol. The number of carbonyl (C=O) groups excluding carboxylic acids is 1. The van der Waals surface area contributed by atoms with Gasteiger partial charge in [-0.2, -0.15) is 0 Å². The van der Waals surface area contributed by atoms with E-state index in [1.165, 1.54) is 0 Å². The number of hydrogen-bond acceptors (Lipinski definition) is 6. The first-order chi connectivity index (χ1) is 16.9. The Kier molecular flexibility index (Phi) is 10.2. The molecule has 0 aromatic heterocycles. The summed E-state index contributed by atoms with van der Waals surface area (Å²) >= 11 is 0. The number of likely N-dealkylation sites (tertiary alicyclic amines) is 1. The van der Waals surface area contributed by atoms with Gasteiger partial charge in [-0.25, -0.2) is 8.42 Å². The fourth-order valence-corrected chi connectivity index (χ4v) is 7.59. The molecular formula is C26H43NO8S. The van der Waals surface area contributed by atoms with Crippen molar-refractivity contribution in [1.29, 1.82) is 0 Å². The van der Waals surface area contributed by atoms with Crippen molar-refractivity contribution in [3.8, 4) is 0 Å². The molecule has 36 heavy (non-hydrogen) atoms. The topological polar surface area (TPSA) is 149 Å². The van der Waals surface area contributed by atoms with E-state index >= 15 is 0 Å². The zero-order valence-corrected chi connectivity index (χ0v) is 22.2. The number of aliphatic carboxylic acids is 2. The van der Waals surface area contributed by atoms with Gasteiger partial charge in [-0.3, -0.25) is 14.4 Å². The monoisotopic (exact) mass is 529 g/mol. The second-order valence-corrected chi connectivity index (χ2v) is 13.7. The molecule has 9 nitrogen and oxygen atoms in total. The average molecular weight is 530 g/mol. The first-order valence-electron chi connectivity index (χ1n) is 13.6. The molecule has 0 aromatic carbocycles. The number of amides is 1. The van der Waals surface area contributed by atoms with Crippen LogP contribution in [0.5, 0.6) is 0 Å². The van der Waals surface area contributed by atoms with Crippen LogP contribution in [0.4, 0.5) is 0 Å². The Morgan fingerprint density at radius 3 is 2.00 bits per heavy atom. The van der Waals surface area contributed by atoms with Crippen LogP contribution in [-0.2, 0) is 24.2 Å². The summed E-state index contributed by atoms with van der Waals surface area (Å²) in [5.74, 6) is -2.29. The van der Waals surface area contributed by atoms with Crippen LogP contribution >= 0.6 is 0 Å². The van der Waals surface area contributed by atoms with Crippen LogP contribution in [0.25, 0.3) is 0 Å². The SMILES string of the molecule is CS(=O)(=O)CC(O)CCC1CCC(N2C(=O)CC2C2CCC(CCCC(C(=O)O)C(=O)O)CC2)CC1. The smallest absolute Gasteiger partial charge is 0.317 e. The molecule has 10 heteroatoms. The van der Waals surface area contributed by atoms with Crippen LogP contribution in [-0.4, -0.2) is 76.7 Å². The summed E-state index contributed by atoms with van der Waals surface area (Å²) in [6.45, 7) is 0. The maximum absolute atomic E-state index is 12.5. The van der Waals surface area contributed by atoms with E-state index in [1.807, 2.05) is 0 Å². The van der Waals surface area contributed by atoms with Gasteiger partial charge >= 0.3 is 11.9 Å². The molecule has 1 saturated heterocycles. The number of β-lactam (4-membered cyclic amide) rings is 1. The van der Waals surface area contributed by atoms with Crippen LogP contribution in [0.2, 0.25) is 0 Å². The maximum atomic E-state index is 12.5. The van der Waals surface area contributed by atoms with Crippen LogP contribution < -0.4 is 0 Å². The van der Waals surface area contributed by atoms with Gasteiger partial charge in [0.15, 0.2) is 5.92 Å². The molecule has 2 saturated carbocycles. The molecule has 0 aromatic rings. The molecule has 2 atom stereocenters. The fraction of sp³-hybridized carbons (Fsp3) is 0.885. The third-order valence-electron chi connectivity index (χ3n) is 8.78. The van der Waals surface area contributed by atoms with Crippen LogP contribution in [0, 0.1) is 23.7 Å². The summed E-state index contributed by atoms with van der Waals surface area (Å²) in [6.07, 6.45) is 12.1. The molecule has 1 heterocycles. The molecule has 0 radical (unpaired) electrons. The highest BCUT2D eigenvalue weighted by atomic mass is 32.2. The third kappa shape index (κ3) is 8.16. The second-order valence-electron chi connectivity index (χ2n) is 11.5. The molecule has 2 aliphatic carbocycles. The minimum Gasteiger partial charge on any atom is -0.481 e. The first-order valence-corrected chi connectivity index (χ1v) is 15.6. The fourth-order valence-electron chi connectivity index (χ4n) is 6.72. The highest BCUT2D eigenvalue weighted by Gasteiger charge is 2.46. The highest BCUT2D eigenvalue weighted by Crippen LogP contribution is 2.43. The molecule has 2 unspecified atom stereocenters. The zero-order chi connectivity index (χ0) is 26.5. The van der Waals surface area contributed by atoms with Crippen molar-refractivity contribution in [1.82, 2.24) is 4.90 Å². The quantitative estimate of drug-likeness (QED) is 0.243. The van der Waals surface area contributed by atoms with Crippen LogP contribution in [0.15, 0.2) is 0 Å². The zero-order valence-electron chi connectivity index (χ0n) is 21.4. The minimum absolute atomic E-state index is 0.175. The van der Waals surface area contributed by atoms with Gasteiger partial charge in [-0.1, -0.05) is 25.7 Å². The molecule has 0 spiro atoms. The van der Waals surface area contributed by atoms with E-state index in [-0.39, 0.29) is 24.1 Å². The van der Waals surface area contributed by atoms with Gasteiger partial charge in [-0.05, 0) is 75.5 Å². The Morgan fingerprint density at radius 1 is 0.917 bits per heavy atom. The number of carboxylic acids is 2. The number of carbonyl (C=O) groups is 3. The normalized spacial score (nSPS) is 30.1. The van der Waals surface area contributed by atoms with Crippen molar-refractivity contribution in [3.63, 3.8) is 0 Å². The van der Waals surface area contributed by atoms with Crippen LogP contribution in [0.3, 0.4) is 0 Å². The predicted molar refractivity (Wildman–Crippen MR) is 134 cm³/mol. The second kappa shape index (κ2) is 12.7. The first kappa shape index (κ1) is 28.9. The molecule has 206 valence electrons. The summed E-state index contributed by atoms with van der Waals surface area (Å²) in [6, 6.07) is 0.607. The molecule has 1 aliphatic heterocycles. The van der Waals surface area contributed by atoms with E-state index in [1.54, 1.807) is 0 Å². The molecule has 3 rings (SSSR count). The summed E-state index contributed by atoms with van der Waals surface area (Å²) in [7, 11) is -3.17. The largest absolute Gasteiger partial charge is 0.481 e. The Morgan fingerprint density at radius 2 is 1.47 bits per heavy atom. The Bertz CT molecular complexity index is 860. The lowest BCUT2D eigenvalue weighted by Gasteiger charge is -2.52. The number of nitrogens with zero attached hydrogens (tertiary/aromatic N) is 1. The van der Waals surface area contributed by atoms with Crippen molar-refractivity contribution < 1.29 is 38.1 Å². The van der Waals surface area contributed by atoms with Crippen LogP contribution in [0.1, 0.15) is 89.9 Å². The van der Waals surface area contributed by atoms with Crippen molar-refractivity contribution in [2.45, 2.75) is 108 Å². The van der Waals surface area contributed by atoms with Gasteiger partial charge in [0.2, 0.25) is 5.91 Å². The average Bonchev–Trinajstić information content (AvgIpc) is 2.78. The number of sulfone groups is 1. The highest BCUT2D eigenvalue weighted by molar-refractivity contribution is 7.90. The number of aliphatic hydroxyl groups excluding tert-OH is 1. The lowest BCUT2D eigenvalue weighted by atomic mass is 9.72. The van der Waals surface area contributed by atoms with Crippen molar-refractivity contribution in [3.05, 3.63) is 0 Å². The Hall–Kier alpha value is -1.68. The standard InChI is InChI=1S/C26H43NO8S/c1-36(34,35)16-21(28)14-9-18-7-12-20(13-8-18)27-23(15-24(27)29)19-10-5-17(6-11-19)3-2-4-22(25(30)31)26(32)33/h17-23,28H,2-16H2,1H3,(H,30,31)(H,32,33). The lowest BCUT2D eigenvalue weighted by molar-refractivity contribution is -0.157. The maximum Gasteiger partial charge on any atom is 0.317 e. The van der Waals surface area contributed by atoms with Crippen molar-refractivity contribution in [2.24, 2.45) is 23.7 Å². The van der Waals surface area contributed by atoms with E-state index in [0.717, 1.165) is 70.5 Å². The summed E-state index contributed by atoms with van der Waals surface area (Å²) in [5.41, 5.74) is 0. The Balaban J connectivity index is 1.37. The molecule has 3 fully saturated rings. The van der Waals surface area contributed by atoms with E-state index in [9.17, 15) is 27.9 Å². The van der Waals surface area contributed by atoms with Gasteiger partial charge in [0.25, 0.3) is 0 Å². The Labute approximate surface area is 214 Å². The van der Waals surface area contributed by atoms with E-state index in [4.69, 9.17) is 10.2 Å². The van der Waals surface area contributed by atoms with Gasteiger partial charge in [0, 0.05) is 24.8 Å². The summed E-state index contributed by atoms with van der Waals surface area (Å²) < 4.78 is 22.7. The number of carboxylic acid groups (broad SMARTS) is 2.